The van der Waals surface area contributed by atoms with Crippen molar-refractivity contribution in [1.29, 1.82) is 0 Å². The van der Waals surface area contributed by atoms with Gasteiger partial charge in [-0.1, -0.05) is 0 Å². The van der Waals surface area contributed by atoms with E-state index in [-0.39, 0.29) is 23.5 Å². The molecule has 0 saturated carbocycles. The van der Waals surface area contributed by atoms with Gasteiger partial charge < -0.3 is 10.6 Å². The molecule has 0 unspecified atom stereocenters. The van der Waals surface area contributed by atoms with Gasteiger partial charge >= 0.3 is 0 Å². The van der Waals surface area contributed by atoms with Crippen molar-refractivity contribution in [3.8, 4) is 0 Å². The summed E-state index contributed by atoms with van der Waals surface area (Å²) in [5.74, 6) is 0.433. The number of carbonyl (C=O) groups excluding carboxylic acids is 1. The standard InChI is InChI=1S/C10H20N2O3S/c1-11-6-2-3-10(13)12-9-4-7-16(14,15)8-5-9/h9,11H,2-8H2,1H3,(H,12,13). The summed E-state index contributed by atoms with van der Waals surface area (Å²) in [6, 6.07) is 0.0469. The largest absolute Gasteiger partial charge is 0.353 e. The van der Waals surface area contributed by atoms with Crippen molar-refractivity contribution in [2.24, 2.45) is 0 Å². The fourth-order valence-corrected chi connectivity index (χ4v) is 3.25. The molecule has 1 rings (SSSR count). The molecule has 1 fully saturated rings. The van der Waals surface area contributed by atoms with E-state index < -0.39 is 9.84 Å². The summed E-state index contributed by atoms with van der Waals surface area (Å²) in [6.45, 7) is 0.826. The van der Waals surface area contributed by atoms with Crippen LogP contribution in [0.3, 0.4) is 0 Å². The first-order chi connectivity index (χ1) is 7.53. The normalized spacial score (nSPS) is 20.6. The zero-order valence-corrected chi connectivity index (χ0v) is 10.5. The van der Waals surface area contributed by atoms with Gasteiger partial charge in [0.15, 0.2) is 0 Å². The molecule has 0 spiro atoms. The Hall–Kier alpha value is -0.620. The van der Waals surface area contributed by atoms with E-state index in [4.69, 9.17) is 0 Å². The molecule has 1 aliphatic rings. The number of hydrogen-bond donors (Lipinski definition) is 2. The summed E-state index contributed by atoms with van der Waals surface area (Å²) in [7, 11) is -0.983. The molecule has 5 nitrogen and oxygen atoms in total. The van der Waals surface area contributed by atoms with Crippen LogP contribution in [0.25, 0.3) is 0 Å². The predicted molar refractivity (Wildman–Crippen MR) is 63.0 cm³/mol. The minimum atomic E-state index is -2.83. The van der Waals surface area contributed by atoms with Gasteiger partial charge in [0.25, 0.3) is 0 Å². The smallest absolute Gasteiger partial charge is 0.220 e. The summed E-state index contributed by atoms with van der Waals surface area (Å²) in [6.07, 6.45) is 2.43. The van der Waals surface area contributed by atoms with Crippen molar-refractivity contribution in [3.63, 3.8) is 0 Å². The lowest BCUT2D eigenvalue weighted by Gasteiger charge is -2.22. The van der Waals surface area contributed by atoms with Crippen LogP contribution in [0.15, 0.2) is 0 Å². The Morgan fingerprint density at radius 2 is 1.94 bits per heavy atom. The van der Waals surface area contributed by atoms with Crippen LogP contribution in [-0.4, -0.2) is 45.5 Å². The molecule has 6 heteroatoms. The van der Waals surface area contributed by atoms with E-state index in [1.165, 1.54) is 0 Å². The van der Waals surface area contributed by atoms with E-state index in [9.17, 15) is 13.2 Å². The molecule has 16 heavy (non-hydrogen) atoms. The number of carbonyl (C=O) groups is 1. The lowest BCUT2D eigenvalue weighted by Crippen LogP contribution is -2.40. The Bertz CT molecular complexity index is 313. The third-order valence-corrected chi connectivity index (χ3v) is 4.47. The van der Waals surface area contributed by atoms with E-state index in [0.29, 0.717) is 19.3 Å². The van der Waals surface area contributed by atoms with Crippen LogP contribution in [0.4, 0.5) is 0 Å². The van der Waals surface area contributed by atoms with Gasteiger partial charge in [0.2, 0.25) is 5.91 Å². The number of sulfone groups is 1. The average molecular weight is 248 g/mol. The minimum Gasteiger partial charge on any atom is -0.353 e. The fraction of sp³-hybridized carbons (Fsp3) is 0.900. The van der Waals surface area contributed by atoms with Gasteiger partial charge in [-0.25, -0.2) is 8.42 Å². The molecule has 1 heterocycles. The molecule has 1 saturated heterocycles. The van der Waals surface area contributed by atoms with Crippen LogP contribution in [0.2, 0.25) is 0 Å². The third-order valence-electron chi connectivity index (χ3n) is 2.75. The highest BCUT2D eigenvalue weighted by molar-refractivity contribution is 7.91. The molecule has 0 aromatic heterocycles. The summed E-state index contributed by atoms with van der Waals surface area (Å²) < 4.78 is 22.3. The lowest BCUT2D eigenvalue weighted by atomic mass is 10.1. The highest BCUT2D eigenvalue weighted by Gasteiger charge is 2.24. The van der Waals surface area contributed by atoms with Gasteiger partial charge in [0.1, 0.15) is 9.84 Å². The molecule has 0 aromatic rings. The highest BCUT2D eigenvalue weighted by Crippen LogP contribution is 2.12. The predicted octanol–water partition coefficient (Wildman–Crippen LogP) is -0.321. The first-order valence-electron chi connectivity index (χ1n) is 5.68. The average Bonchev–Trinajstić information content (AvgIpc) is 2.22. The number of nitrogens with one attached hydrogen (secondary N) is 2. The van der Waals surface area contributed by atoms with Gasteiger partial charge in [0, 0.05) is 12.5 Å². The molecule has 0 aromatic carbocycles. The zero-order chi connectivity index (χ0) is 12.0. The summed E-state index contributed by atoms with van der Waals surface area (Å²) >= 11 is 0. The molecule has 1 amide bonds. The van der Waals surface area contributed by atoms with Crippen LogP contribution >= 0.6 is 0 Å². The molecule has 0 radical (unpaired) electrons. The topological polar surface area (TPSA) is 75.3 Å². The number of amides is 1. The second-order valence-electron chi connectivity index (χ2n) is 4.20. The second kappa shape index (κ2) is 6.20. The first-order valence-corrected chi connectivity index (χ1v) is 7.50. The van der Waals surface area contributed by atoms with E-state index in [1.54, 1.807) is 0 Å². The molecule has 0 bridgehead atoms. The van der Waals surface area contributed by atoms with Gasteiger partial charge in [-0.2, -0.15) is 0 Å². The Labute approximate surface area is 96.9 Å². The maximum absolute atomic E-state index is 11.5. The maximum Gasteiger partial charge on any atom is 0.220 e. The summed E-state index contributed by atoms with van der Waals surface area (Å²) in [5.41, 5.74) is 0. The second-order valence-corrected chi connectivity index (χ2v) is 6.50. The van der Waals surface area contributed by atoms with Crippen molar-refractivity contribution < 1.29 is 13.2 Å². The van der Waals surface area contributed by atoms with Crippen molar-refractivity contribution in [2.75, 3.05) is 25.1 Å². The van der Waals surface area contributed by atoms with Gasteiger partial charge in [0.05, 0.1) is 11.5 Å². The monoisotopic (exact) mass is 248 g/mol. The maximum atomic E-state index is 11.5. The highest BCUT2D eigenvalue weighted by atomic mass is 32.2. The first kappa shape index (κ1) is 13.4. The van der Waals surface area contributed by atoms with E-state index in [1.807, 2.05) is 7.05 Å². The third kappa shape index (κ3) is 4.94. The van der Waals surface area contributed by atoms with Crippen LogP contribution in [0, 0.1) is 0 Å². The fourth-order valence-electron chi connectivity index (χ4n) is 1.76. The summed E-state index contributed by atoms with van der Waals surface area (Å²) in [5, 5.41) is 5.86. The molecule has 94 valence electrons. The van der Waals surface area contributed by atoms with Crippen molar-refractivity contribution in [1.82, 2.24) is 10.6 Å². The Morgan fingerprint density at radius 1 is 1.31 bits per heavy atom. The van der Waals surface area contributed by atoms with Crippen molar-refractivity contribution in [3.05, 3.63) is 0 Å². The van der Waals surface area contributed by atoms with E-state index in [0.717, 1.165) is 13.0 Å². The molecule has 0 atom stereocenters. The van der Waals surface area contributed by atoms with E-state index >= 15 is 0 Å². The van der Waals surface area contributed by atoms with Gasteiger partial charge in [-0.05, 0) is 32.9 Å². The van der Waals surface area contributed by atoms with Crippen LogP contribution in [0.1, 0.15) is 25.7 Å². The zero-order valence-electron chi connectivity index (χ0n) is 9.66. The van der Waals surface area contributed by atoms with Crippen LogP contribution in [-0.2, 0) is 14.6 Å². The number of hydrogen-bond acceptors (Lipinski definition) is 4. The van der Waals surface area contributed by atoms with E-state index in [2.05, 4.69) is 10.6 Å². The Kier molecular flexibility index (Phi) is 5.21. The van der Waals surface area contributed by atoms with Gasteiger partial charge in [-0.15, -0.1) is 0 Å². The minimum absolute atomic E-state index is 0.0274. The molecule has 2 N–H and O–H groups in total. The van der Waals surface area contributed by atoms with Crippen molar-refractivity contribution >= 4 is 15.7 Å². The SMILES string of the molecule is CNCCCC(=O)NC1CCS(=O)(=O)CC1. The van der Waals surface area contributed by atoms with Crippen molar-refractivity contribution in [2.45, 2.75) is 31.7 Å². The molecular formula is C10H20N2O3S. The summed E-state index contributed by atoms with van der Waals surface area (Å²) in [4.78, 5) is 11.5. The molecular weight excluding hydrogens is 228 g/mol. The van der Waals surface area contributed by atoms with Crippen LogP contribution < -0.4 is 10.6 Å². The van der Waals surface area contributed by atoms with Crippen LogP contribution in [0.5, 0.6) is 0 Å². The lowest BCUT2D eigenvalue weighted by molar-refractivity contribution is -0.121. The molecule has 1 aliphatic heterocycles. The quantitative estimate of drug-likeness (QED) is 0.654. The van der Waals surface area contributed by atoms with Gasteiger partial charge in [-0.3, -0.25) is 4.79 Å². The number of rotatable bonds is 5. The molecule has 0 aliphatic carbocycles. The Morgan fingerprint density at radius 3 is 2.50 bits per heavy atom. The Balaban J connectivity index is 2.20.